The Balaban J connectivity index is 2.97. The first kappa shape index (κ1) is 16.9. The van der Waals surface area contributed by atoms with Crippen molar-refractivity contribution in [2.75, 3.05) is 5.32 Å². The molecule has 6 heteroatoms. The molecule has 1 aromatic carbocycles. The van der Waals surface area contributed by atoms with Crippen molar-refractivity contribution in [2.45, 2.75) is 33.1 Å². The van der Waals surface area contributed by atoms with Gasteiger partial charge in [0.05, 0.1) is 0 Å². The molecule has 114 valence electrons. The van der Waals surface area contributed by atoms with E-state index < -0.39 is 17.7 Å². The number of rotatable bonds is 6. The van der Waals surface area contributed by atoms with E-state index in [0.29, 0.717) is 0 Å². The summed E-state index contributed by atoms with van der Waals surface area (Å²) in [5.74, 6) is -5.25. The minimum Gasteiger partial charge on any atom is -0.325 e. The number of Topliss-reactive ketones (excluding diaryl/α,β-unsaturated/α-hetero) is 1. The Kier molecular flexibility index (Phi) is 5.29. The van der Waals surface area contributed by atoms with Crippen molar-refractivity contribution in [3.63, 3.8) is 0 Å². The normalized spacial score (nSPS) is 12.6. The van der Waals surface area contributed by atoms with Gasteiger partial charge in [-0.1, -0.05) is 19.1 Å². The lowest BCUT2D eigenvalue weighted by Crippen LogP contribution is -2.34. The molecular formula is C15H18F2N2O2. The number of halogens is 2. The Hall–Kier alpha value is -2.11. The lowest BCUT2D eigenvalue weighted by molar-refractivity contribution is -0.128. The third-order valence-electron chi connectivity index (χ3n) is 3.00. The average Bonchev–Trinajstić information content (AvgIpc) is 2.37. The number of alkyl halides is 2. The number of benzene rings is 1. The zero-order chi connectivity index (χ0) is 16.2. The summed E-state index contributed by atoms with van der Waals surface area (Å²) in [6.07, 6.45) is 0.126. The van der Waals surface area contributed by atoms with Crippen LogP contribution in [0.1, 0.15) is 32.8 Å². The van der Waals surface area contributed by atoms with Gasteiger partial charge in [0.25, 0.3) is 5.92 Å². The summed E-state index contributed by atoms with van der Waals surface area (Å²) in [6.45, 7) is 3.73. The van der Waals surface area contributed by atoms with Gasteiger partial charge in [-0.25, -0.2) is 8.78 Å². The molecular weight excluding hydrogens is 278 g/mol. The largest absolute Gasteiger partial charge is 0.325 e. The molecule has 0 aliphatic heterocycles. The predicted octanol–water partition coefficient (Wildman–Crippen LogP) is 3.37. The van der Waals surface area contributed by atoms with E-state index >= 15 is 0 Å². The molecule has 0 bridgehead atoms. The predicted molar refractivity (Wildman–Crippen MR) is 76.8 cm³/mol. The SMILES string of the molecule is CCC(=O)C(C(C)=N)C(=O)Nc1cccc(C(C)(F)F)c1. The van der Waals surface area contributed by atoms with E-state index in [-0.39, 0.29) is 29.2 Å². The van der Waals surface area contributed by atoms with Crippen molar-refractivity contribution in [2.24, 2.45) is 5.92 Å². The quantitative estimate of drug-likeness (QED) is 0.624. The van der Waals surface area contributed by atoms with E-state index in [2.05, 4.69) is 5.32 Å². The van der Waals surface area contributed by atoms with Crippen LogP contribution >= 0.6 is 0 Å². The highest BCUT2D eigenvalue weighted by Crippen LogP contribution is 2.28. The number of hydrogen-bond donors (Lipinski definition) is 2. The van der Waals surface area contributed by atoms with Crippen molar-refractivity contribution in [3.8, 4) is 0 Å². The second-order valence-corrected chi connectivity index (χ2v) is 4.89. The maximum atomic E-state index is 13.2. The van der Waals surface area contributed by atoms with Crippen molar-refractivity contribution in [1.82, 2.24) is 0 Å². The van der Waals surface area contributed by atoms with Gasteiger partial charge in [0.15, 0.2) is 5.78 Å². The van der Waals surface area contributed by atoms with Crippen molar-refractivity contribution in [1.29, 1.82) is 5.41 Å². The molecule has 0 aliphatic carbocycles. The standard InChI is InChI=1S/C15H18F2N2O2/c1-4-12(20)13(9(2)18)14(21)19-11-7-5-6-10(8-11)15(3,16)17/h5-8,13,18H,4H2,1-3H3,(H,19,21). The molecule has 0 aliphatic rings. The number of anilines is 1. The van der Waals surface area contributed by atoms with Crippen LogP contribution in [0, 0.1) is 11.3 Å². The lowest BCUT2D eigenvalue weighted by Gasteiger charge is -2.16. The monoisotopic (exact) mass is 296 g/mol. The smallest absolute Gasteiger partial charge is 0.270 e. The average molecular weight is 296 g/mol. The Labute approximate surface area is 122 Å². The number of ketones is 1. The van der Waals surface area contributed by atoms with Gasteiger partial charge in [0.1, 0.15) is 5.92 Å². The summed E-state index contributed by atoms with van der Waals surface area (Å²) in [4.78, 5) is 23.7. The second-order valence-electron chi connectivity index (χ2n) is 4.89. The Morgan fingerprint density at radius 3 is 2.48 bits per heavy atom. The fourth-order valence-corrected chi connectivity index (χ4v) is 1.87. The van der Waals surface area contributed by atoms with Crippen LogP contribution in [0.25, 0.3) is 0 Å². The summed E-state index contributed by atoms with van der Waals surface area (Å²) in [5, 5.41) is 9.94. The van der Waals surface area contributed by atoms with E-state index in [1.807, 2.05) is 0 Å². The van der Waals surface area contributed by atoms with Crippen LogP contribution in [0.4, 0.5) is 14.5 Å². The zero-order valence-corrected chi connectivity index (χ0v) is 12.2. The summed E-state index contributed by atoms with van der Waals surface area (Å²) in [7, 11) is 0. The van der Waals surface area contributed by atoms with E-state index in [4.69, 9.17) is 5.41 Å². The van der Waals surface area contributed by atoms with Gasteiger partial charge >= 0.3 is 0 Å². The third kappa shape index (κ3) is 4.44. The van der Waals surface area contributed by atoms with E-state index in [1.54, 1.807) is 6.92 Å². The minimum atomic E-state index is -3.02. The maximum Gasteiger partial charge on any atom is 0.270 e. The molecule has 1 rings (SSSR count). The number of amides is 1. The first-order valence-corrected chi connectivity index (χ1v) is 6.53. The van der Waals surface area contributed by atoms with E-state index in [0.717, 1.165) is 13.0 Å². The molecule has 4 nitrogen and oxygen atoms in total. The van der Waals surface area contributed by atoms with Gasteiger partial charge in [-0.15, -0.1) is 0 Å². The Morgan fingerprint density at radius 1 is 1.38 bits per heavy atom. The molecule has 1 aromatic rings. The third-order valence-corrected chi connectivity index (χ3v) is 3.00. The molecule has 0 saturated heterocycles. The number of hydrogen-bond acceptors (Lipinski definition) is 3. The molecule has 0 aromatic heterocycles. The van der Waals surface area contributed by atoms with Crippen LogP contribution in [-0.4, -0.2) is 17.4 Å². The highest BCUT2D eigenvalue weighted by molar-refractivity contribution is 6.22. The molecule has 21 heavy (non-hydrogen) atoms. The Bertz CT molecular complexity index is 565. The van der Waals surface area contributed by atoms with Crippen molar-refractivity contribution in [3.05, 3.63) is 29.8 Å². The zero-order valence-electron chi connectivity index (χ0n) is 12.2. The fourth-order valence-electron chi connectivity index (χ4n) is 1.87. The van der Waals surface area contributed by atoms with Crippen LogP contribution in [0.2, 0.25) is 0 Å². The van der Waals surface area contributed by atoms with Gasteiger partial charge in [-0.05, 0) is 19.1 Å². The van der Waals surface area contributed by atoms with Crippen LogP contribution in [0.15, 0.2) is 24.3 Å². The van der Waals surface area contributed by atoms with Gasteiger partial charge < -0.3 is 10.7 Å². The molecule has 1 amide bonds. The first-order valence-electron chi connectivity index (χ1n) is 6.53. The van der Waals surface area contributed by atoms with Crippen LogP contribution in [-0.2, 0) is 15.5 Å². The molecule has 2 N–H and O–H groups in total. The van der Waals surface area contributed by atoms with Gasteiger partial charge in [0.2, 0.25) is 5.91 Å². The molecule has 1 atom stereocenters. The van der Waals surface area contributed by atoms with Crippen LogP contribution in [0.3, 0.4) is 0 Å². The molecule has 0 saturated carbocycles. The summed E-state index contributed by atoms with van der Waals surface area (Å²) < 4.78 is 26.5. The second kappa shape index (κ2) is 6.56. The number of carbonyl (C=O) groups is 2. The van der Waals surface area contributed by atoms with Gasteiger partial charge in [-0.3, -0.25) is 9.59 Å². The highest BCUT2D eigenvalue weighted by Gasteiger charge is 2.28. The summed E-state index contributed by atoms with van der Waals surface area (Å²) in [6, 6.07) is 5.27. The van der Waals surface area contributed by atoms with Gasteiger partial charge in [0, 0.05) is 30.3 Å². The van der Waals surface area contributed by atoms with Crippen LogP contribution in [0.5, 0.6) is 0 Å². The topological polar surface area (TPSA) is 70.0 Å². The minimum absolute atomic E-state index is 0.0728. The van der Waals surface area contributed by atoms with Gasteiger partial charge in [-0.2, -0.15) is 0 Å². The Morgan fingerprint density at radius 2 is 2.00 bits per heavy atom. The molecule has 0 spiro atoms. The summed E-state index contributed by atoms with van der Waals surface area (Å²) in [5.41, 5.74) is -0.129. The highest BCUT2D eigenvalue weighted by atomic mass is 19.3. The summed E-state index contributed by atoms with van der Waals surface area (Å²) >= 11 is 0. The van der Waals surface area contributed by atoms with E-state index in [1.165, 1.54) is 25.1 Å². The first-order chi connectivity index (χ1) is 9.66. The molecule has 1 unspecified atom stereocenters. The van der Waals surface area contributed by atoms with E-state index in [9.17, 15) is 18.4 Å². The maximum absolute atomic E-state index is 13.2. The number of carbonyl (C=O) groups excluding carboxylic acids is 2. The number of nitrogens with one attached hydrogen (secondary N) is 2. The molecule has 0 radical (unpaired) electrons. The van der Waals surface area contributed by atoms with Crippen molar-refractivity contribution >= 4 is 23.1 Å². The molecule has 0 heterocycles. The van der Waals surface area contributed by atoms with Crippen LogP contribution < -0.4 is 5.32 Å². The lowest BCUT2D eigenvalue weighted by atomic mass is 9.96. The molecule has 0 fully saturated rings. The fraction of sp³-hybridized carbons (Fsp3) is 0.400. The van der Waals surface area contributed by atoms with Crippen molar-refractivity contribution < 1.29 is 18.4 Å².